The number of nitrogens with zero attached hydrogens (tertiary/aromatic N) is 3. The molecular formula is C18H28N4O3. The van der Waals surface area contributed by atoms with Crippen molar-refractivity contribution in [1.29, 1.82) is 0 Å². The Morgan fingerprint density at radius 2 is 1.92 bits per heavy atom. The fraction of sp³-hybridized carbons (Fsp3) is 0.722. The van der Waals surface area contributed by atoms with E-state index in [4.69, 9.17) is 4.52 Å². The molecule has 0 unspecified atom stereocenters. The first-order valence-corrected chi connectivity index (χ1v) is 9.36. The molecule has 0 radical (unpaired) electrons. The summed E-state index contributed by atoms with van der Waals surface area (Å²) in [6.45, 7) is 6.31. The SMILES string of the molecule is Cc1cc(C(=O)N2CCN(CCNC(=O)C3CCCCC3)CC2)no1. The lowest BCUT2D eigenvalue weighted by atomic mass is 9.89. The summed E-state index contributed by atoms with van der Waals surface area (Å²) >= 11 is 0. The number of hydrogen-bond donors (Lipinski definition) is 1. The number of nitrogens with one attached hydrogen (secondary N) is 1. The Balaban J connectivity index is 1.35. The van der Waals surface area contributed by atoms with Gasteiger partial charge in [-0.25, -0.2) is 0 Å². The zero-order valence-corrected chi connectivity index (χ0v) is 15.0. The van der Waals surface area contributed by atoms with E-state index >= 15 is 0 Å². The Kier molecular flexibility index (Phi) is 6.07. The van der Waals surface area contributed by atoms with Gasteiger partial charge in [-0.1, -0.05) is 24.4 Å². The maximum atomic E-state index is 12.3. The Hall–Kier alpha value is -1.89. The van der Waals surface area contributed by atoms with Gasteiger partial charge in [-0.2, -0.15) is 0 Å². The second-order valence-electron chi connectivity index (χ2n) is 7.08. The maximum Gasteiger partial charge on any atom is 0.276 e. The van der Waals surface area contributed by atoms with Gasteiger partial charge in [-0.15, -0.1) is 0 Å². The van der Waals surface area contributed by atoms with E-state index in [0.717, 1.165) is 32.5 Å². The summed E-state index contributed by atoms with van der Waals surface area (Å²) in [6, 6.07) is 1.68. The Morgan fingerprint density at radius 1 is 1.20 bits per heavy atom. The smallest absolute Gasteiger partial charge is 0.276 e. The van der Waals surface area contributed by atoms with Crippen LogP contribution in [0.25, 0.3) is 0 Å². The van der Waals surface area contributed by atoms with Crippen LogP contribution in [0.1, 0.15) is 48.4 Å². The molecule has 1 aromatic rings. The van der Waals surface area contributed by atoms with Gasteiger partial charge in [0.2, 0.25) is 5.91 Å². The van der Waals surface area contributed by atoms with Crippen molar-refractivity contribution in [1.82, 2.24) is 20.3 Å². The van der Waals surface area contributed by atoms with Gasteiger partial charge < -0.3 is 14.7 Å². The average Bonchev–Trinajstić information content (AvgIpc) is 3.09. The standard InChI is InChI=1S/C18H28N4O3/c1-14-13-16(20-25-14)18(24)22-11-9-21(10-12-22)8-7-19-17(23)15-5-3-2-4-6-15/h13,15H,2-12H2,1H3,(H,19,23). The zero-order valence-electron chi connectivity index (χ0n) is 15.0. The van der Waals surface area contributed by atoms with Crippen molar-refractivity contribution in [3.63, 3.8) is 0 Å². The monoisotopic (exact) mass is 348 g/mol. The minimum absolute atomic E-state index is 0.0675. The highest BCUT2D eigenvalue weighted by Crippen LogP contribution is 2.23. The van der Waals surface area contributed by atoms with Crippen LogP contribution in [0.2, 0.25) is 0 Å². The van der Waals surface area contributed by atoms with Crippen molar-refractivity contribution < 1.29 is 14.1 Å². The molecule has 25 heavy (non-hydrogen) atoms. The van der Waals surface area contributed by atoms with Gasteiger partial charge in [0, 0.05) is 51.3 Å². The summed E-state index contributed by atoms with van der Waals surface area (Å²) in [6.07, 6.45) is 5.70. The summed E-state index contributed by atoms with van der Waals surface area (Å²) in [5, 5.41) is 6.87. The molecule has 0 atom stereocenters. The van der Waals surface area contributed by atoms with Crippen molar-refractivity contribution in [3.8, 4) is 0 Å². The molecule has 2 heterocycles. The van der Waals surface area contributed by atoms with Crippen molar-refractivity contribution in [2.24, 2.45) is 5.92 Å². The van der Waals surface area contributed by atoms with Gasteiger partial charge in [0.05, 0.1) is 0 Å². The van der Waals surface area contributed by atoms with Crippen LogP contribution in [0, 0.1) is 12.8 Å². The van der Waals surface area contributed by atoms with Gasteiger partial charge in [-0.3, -0.25) is 14.5 Å². The zero-order chi connectivity index (χ0) is 17.6. The van der Waals surface area contributed by atoms with Gasteiger partial charge in [0.25, 0.3) is 5.91 Å². The lowest BCUT2D eigenvalue weighted by molar-refractivity contribution is -0.125. The van der Waals surface area contributed by atoms with E-state index in [1.165, 1.54) is 19.3 Å². The summed E-state index contributed by atoms with van der Waals surface area (Å²) in [7, 11) is 0. The van der Waals surface area contributed by atoms with Crippen molar-refractivity contribution in [2.45, 2.75) is 39.0 Å². The Bertz CT molecular complexity index is 587. The van der Waals surface area contributed by atoms with Crippen LogP contribution >= 0.6 is 0 Å². The molecule has 1 aliphatic heterocycles. The molecule has 7 heteroatoms. The van der Waals surface area contributed by atoms with E-state index in [-0.39, 0.29) is 17.7 Å². The fourth-order valence-electron chi connectivity index (χ4n) is 3.65. The molecule has 1 aliphatic carbocycles. The summed E-state index contributed by atoms with van der Waals surface area (Å²) in [5.74, 6) is 1.02. The van der Waals surface area contributed by atoms with E-state index in [0.29, 0.717) is 31.1 Å². The van der Waals surface area contributed by atoms with Gasteiger partial charge in [0.1, 0.15) is 5.76 Å². The van der Waals surface area contributed by atoms with E-state index < -0.39 is 0 Å². The first kappa shape index (κ1) is 17.9. The second kappa shape index (κ2) is 8.47. The highest BCUT2D eigenvalue weighted by Gasteiger charge is 2.24. The predicted octanol–water partition coefficient (Wildman–Crippen LogP) is 1.44. The minimum Gasteiger partial charge on any atom is -0.361 e. The van der Waals surface area contributed by atoms with Crippen LogP contribution in [-0.2, 0) is 4.79 Å². The van der Waals surface area contributed by atoms with E-state index in [9.17, 15) is 9.59 Å². The molecule has 0 spiro atoms. The van der Waals surface area contributed by atoms with Gasteiger partial charge >= 0.3 is 0 Å². The van der Waals surface area contributed by atoms with Crippen molar-refractivity contribution in [3.05, 3.63) is 17.5 Å². The predicted molar refractivity (Wildman–Crippen MR) is 93.2 cm³/mol. The Morgan fingerprint density at radius 3 is 2.56 bits per heavy atom. The van der Waals surface area contributed by atoms with Crippen LogP contribution in [0.4, 0.5) is 0 Å². The van der Waals surface area contributed by atoms with Gasteiger partial charge in [-0.05, 0) is 19.8 Å². The molecule has 1 saturated heterocycles. The number of aromatic nitrogens is 1. The highest BCUT2D eigenvalue weighted by molar-refractivity contribution is 5.92. The third-order valence-corrected chi connectivity index (χ3v) is 5.21. The topological polar surface area (TPSA) is 78.7 Å². The third kappa shape index (κ3) is 4.81. The molecule has 0 bridgehead atoms. The second-order valence-corrected chi connectivity index (χ2v) is 7.08. The van der Waals surface area contributed by atoms with Crippen LogP contribution in [0.3, 0.4) is 0 Å². The summed E-state index contributed by atoms with van der Waals surface area (Å²) < 4.78 is 4.97. The quantitative estimate of drug-likeness (QED) is 0.871. The molecule has 1 N–H and O–H groups in total. The number of hydrogen-bond acceptors (Lipinski definition) is 5. The van der Waals surface area contributed by atoms with Crippen LogP contribution in [-0.4, -0.2) is 66.0 Å². The molecule has 2 fully saturated rings. The van der Waals surface area contributed by atoms with Crippen molar-refractivity contribution >= 4 is 11.8 Å². The molecule has 7 nitrogen and oxygen atoms in total. The number of carbonyl (C=O) groups excluding carboxylic acids is 2. The number of carbonyl (C=O) groups is 2. The summed E-state index contributed by atoms with van der Waals surface area (Å²) in [5.41, 5.74) is 0.380. The summed E-state index contributed by atoms with van der Waals surface area (Å²) in [4.78, 5) is 28.6. The molecule has 2 aliphatic rings. The van der Waals surface area contributed by atoms with Crippen LogP contribution < -0.4 is 5.32 Å². The molecular weight excluding hydrogens is 320 g/mol. The number of amides is 2. The number of aryl methyl sites for hydroxylation is 1. The maximum absolute atomic E-state index is 12.3. The largest absolute Gasteiger partial charge is 0.361 e. The molecule has 138 valence electrons. The molecule has 1 saturated carbocycles. The normalized spacial score (nSPS) is 19.8. The number of rotatable bonds is 5. The van der Waals surface area contributed by atoms with Gasteiger partial charge in [0.15, 0.2) is 5.69 Å². The van der Waals surface area contributed by atoms with E-state index in [1.807, 2.05) is 4.90 Å². The lowest BCUT2D eigenvalue weighted by Gasteiger charge is -2.34. The Labute approximate surface area is 148 Å². The van der Waals surface area contributed by atoms with E-state index in [2.05, 4.69) is 15.4 Å². The fourth-order valence-corrected chi connectivity index (χ4v) is 3.65. The van der Waals surface area contributed by atoms with E-state index in [1.54, 1.807) is 13.0 Å². The lowest BCUT2D eigenvalue weighted by Crippen LogP contribution is -2.50. The van der Waals surface area contributed by atoms with Crippen molar-refractivity contribution in [2.75, 3.05) is 39.3 Å². The molecule has 2 amide bonds. The minimum atomic E-state index is -0.0675. The molecule has 3 rings (SSSR count). The molecule has 1 aromatic heterocycles. The first-order valence-electron chi connectivity index (χ1n) is 9.36. The molecule has 0 aromatic carbocycles. The first-order chi connectivity index (χ1) is 12.1. The third-order valence-electron chi connectivity index (χ3n) is 5.21. The average molecular weight is 348 g/mol. The van der Waals surface area contributed by atoms with Crippen LogP contribution in [0.5, 0.6) is 0 Å². The number of piperazine rings is 1. The van der Waals surface area contributed by atoms with Crippen LogP contribution in [0.15, 0.2) is 10.6 Å². The highest BCUT2D eigenvalue weighted by atomic mass is 16.5.